The molecule has 0 aliphatic carbocycles. The first-order valence-corrected chi connectivity index (χ1v) is 9.22. The highest BCUT2D eigenvalue weighted by atomic mass is 19.1. The van der Waals surface area contributed by atoms with E-state index in [1.54, 1.807) is 36.3 Å². The van der Waals surface area contributed by atoms with Gasteiger partial charge in [0.15, 0.2) is 17.6 Å². The number of ether oxygens (including phenoxy) is 2. The highest BCUT2D eigenvalue weighted by Crippen LogP contribution is 2.28. The number of carbonyl (C=O) groups is 1. The van der Waals surface area contributed by atoms with E-state index in [9.17, 15) is 9.18 Å². The van der Waals surface area contributed by atoms with Crippen molar-refractivity contribution in [2.24, 2.45) is 0 Å². The highest BCUT2D eigenvalue weighted by molar-refractivity contribution is 5.81. The summed E-state index contributed by atoms with van der Waals surface area (Å²) in [5.41, 5.74) is 0.585. The average molecular weight is 372 g/mol. The topological polar surface area (TPSA) is 42.0 Å². The third kappa shape index (κ3) is 4.32. The van der Waals surface area contributed by atoms with Crippen LogP contribution in [0.15, 0.2) is 48.5 Å². The van der Waals surface area contributed by atoms with Gasteiger partial charge in [-0.15, -0.1) is 0 Å². The van der Waals surface area contributed by atoms with Crippen LogP contribution >= 0.6 is 0 Å². The molecule has 0 aromatic heterocycles. The molecule has 1 heterocycles. The highest BCUT2D eigenvalue weighted by Gasteiger charge is 2.29. The van der Waals surface area contributed by atoms with Crippen LogP contribution in [0, 0.1) is 5.82 Å². The van der Waals surface area contributed by atoms with Gasteiger partial charge in [-0.25, -0.2) is 4.39 Å². The number of nitrogens with zero attached hydrogens (tertiary/aromatic N) is 2. The van der Waals surface area contributed by atoms with Gasteiger partial charge >= 0.3 is 0 Å². The zero-order valence-electron chi connectivity index (χ0n) is 15.7. The van der Waals surface area contributed by atoms with Crippen molar-refractivity contribution >= 4 is 11.6 Å². The monoisotopic (exact) mass is 372 g/mol. The maximum Gasteiger partial charge on any atom is 0.263 e. The van der Waals surface area contributed by atoms with E-state index in [2.05, 4.69) is 0 Å². The van der Waals surface area contributed by atoms with Crippen molar-refractivity contribution in [1.82, 2.24) is 4.90 Å². The minimum Gasteiger partial charge on any atom is -0.493 e. The fraction of sp³-hybridized carbons (Fsp3) is 0.381. The molecular formula is C21H25FN2O3. The number of rotatable bonds is 6. The lowest BCUT2D eigenvalue weighted by Gasteiger charge is -2.37. The molecule has 1 saturated heterocycles. The van der Waals surface area contributed by atoms with Gasteiger partial charge < -0.3 is 19.3 Å². The third-order valence-corrected chi connectivity index (χ3v) is 4.77. The van der Waals surface area contributed by atoms with Gasteiger partial charge in [0, 0.05) is 26.2 Å². The number of hydrogen-bond donors (Lipinski definition) is 0. The largest absolute Gasteiger partial charge is 0.493 e. The Bertz CT molecular complexity index is 776. The Morgan fingerprint density at radius 1 is 1.04 bits per heavy atom. The molecule has 0 N–H and O–H groups in total. The van der Waals surface area contributed by atoms with Crippen LogP contribution in [0.2, 0.25) is 0 Å². The summed E-state index contributed by atoms with van der Waals surface area (Å²) in [6.45, 7) is 4.20. The van der Waals surface area contributed by atoms with Gasteiger partial charge in [-0.05, 0) is 30.7 Å². The lowest BCUT2D eigenvalue weighted by atomic mass is 10.2. The minimum absolute atomic E-state index is 0.0448. The van der Waals surface area contributed by atoms with Crippen molar-refractivity contribution in [2.75, 3.05) is 38.2 Å². The molecule has 0 spiro atoms. The first-order chi connectivity index (χ1) is 13.1. The van der Waals surface area contributed by atoms with Crippen molar-refractivity contribution in [3.63, 3.8) is 0 Å². The number of hydrogen-bond acceptors (Lipinski definition) is 4. The maximum absolute atomic E-state index is 14.0. The molecule has 1 atom stereocenters. The number of halogens is 1. The Labute approximate surface area is 159 Å². The number of para-hydroxylation sites is 3. The van der Waals surface area contributed by atoms with E-state index in [-0.39, 0.29) is 11.7 Å². The van der Waals surface area contributed by atoms with Crippen LogP contribution in [0.25, 0.3) is 0 Å². The second kappa shape index (κ2) is 8.75. The number of carbonyl (C=O) groups excluding carboxylic acids is 1. The standard InChI is InChI=1S/C21H25FN2O3/c1-3-18(27-20-11-7-6-10-19(20)26-2)21(25)24-14-12-23(13-15-24)17-9-5-4-8-16(17)22/h4-11,18H,3,12-15H2,1-2H3/t18-/m1/s1. The van der Waals surface area contributed by atoms with Gasteiger partial charge in [-0.2, -0.15) is 0 Å². The van der Waals surface area contributed by atoms with E-state index >= 15 is 0 Å². The second-order valence-corrected chi connectivity index (χ2v) is 6.43. The van der Waals surface area contributed by atoms with E-state index in [0.29, 0.717) is 49.8 Å². The van der Waals surface area contributed by atoms with Crippen molar-refractivity contribution in [3.8, 4) is 11.5 Å². The number of piperazine rings is 1. The van der Waals surface area contributed by atoms with E-state index in [0.717, 1.165) is 0 Å². The van der Waals surface area contributed by atoms with Crippen LogP contribution in [0.1, 0.15) is 13.3 Å². The Balaban J connectivity index is 1.63. The molecule has 0 unspecified atom stereocenters. The summed E-state index contributed by atoms with van der Waals surface area (Å²) in [4.78, 5) is 16.7. The van der Waals surface area contributed by atoms with Gasteiger partial charge in [-0.3, -0.25) is 4.79 Å². The molecule has 1 aliphatic rings. The third-order valence-electron chi connectivity index (χ3n) is 4.77. The summed E-state index contributed by atoms with van der Waals surface area (Å²) in [5, 5.41) is 0. The van der Waals surface area contributed by atoms with Crippen LogP contribution in [0.5, 0.6) is 11.5 Å². The quantitative estimate of drug-likeness (QED) is 0.780. The first kappa shape index (κ1) is 19.0. The zero-order valence-corrected chi connectivity index (χ0v) is 15.7. The fourth-order valence-corrected chi connectivity index (χ4v) is 3.26. The van der Waals surface area contributed by atoms with Crippen LogP contribution in [-0.2, 0) is 4.79 Å². The minimum atomic E-state index is -0.568. The van der Waals surface area contributed by atoms with Gasteiger partial charge in [-0.1, -0.05) is 31.2 Å². The Kier molecular flexibility index (Phi) is 6.16. The summed E-state index contributed by atoms with van der Waals surface area (Å²) in [6.07, 6.45) is -0.00830. The molecule has 0 saturated carbocycles. The summed E-state index contributed by atoms with van der Waals surface area (Å²) >= 11 is 0. The lowest BCUT2D eigenvalue weighted by molar-refractivity contribution is -0.139. The number of benzene rings is 2. The normalized spacial score (nSPS) is 15.4. The average Bonchev–Trinajstić information content (AvgIpc) is 2.72. The summed E-state index contributed by atoms with van der Waals surface area (Å²) in [6, 6.07) is 14.0. The molecule has 1 fully saturated rings. The summed E-state index contributed by atoms with van der Waals surface area (Å²) < 4.78 is 25.2. The van der Waals surface area contributed by atoms with Crippen molar-refractivity contribution in [2.45, 2.75) is 19.4 Å². The van der Waals surface area contributed by atoms with Gasteiger partial charge in [0.1, 0.15) is 5.82 Å². The van der Waals surface area contributed by atoms with E-state index in [1.165, 1.54) is 6.07 Å². The molecule has 6 heteroatoms. The predicted octanol–water partition coefficient (Wildman–Crippen LogP) is 3.34. The molecule has 144 valence electrons. The number of amides is 1. The molecular weight excluding hydrogens is 347 g/mol. The summed E-state index contributed by atoms with van der Waals surface area (Å²) in [7, 11) is 1.58. The molecule has 3 rings (SSSR count). The maximum atomic E-state index is 14.0. The molecule has 0 bridgehead atoms. The predicted molar refractivity (Wildman–Crippen MR) is 103 cm³/mol. The molecule has 1 amide bonds. The fourth-order valence-electron chi connectivity index (χ4n) is 3.26. The summed E-state index contributed by atoms with van der Waals surface area (Å²) in [5.74, 6) is 0.887. The van der Waals surface area contributed by atoms with Crippen LogP contribution in [0.3, 0.4) is 0 Å². The van der Waals surface area contributed by atoms with Gasteiger partial charge in [0.2, 0.25) is 0 Å². The Hall–Kier alpha value is -2.76. The molecule has 2 aromatic rings. The van der Waals surface area contributed by atoms with Crippen LogP contribution in [-0.4, -0.2) is 50.2 Å². The second-order valence-electron chi connectivity index (χ2n) is 6.43. The van der Waals surface area contributed by atoms with E-state index in [1.807, 2.05) is 30.0 Å². The van der Waals surface area contributed by atoms with Crippen molar-refractivity contribution < 1.29 is 18.7 Å². The van der Waals surface area contributed by atoms with Crippen molar-refractivity contribution in [3.05, 3.63) is 54.3 Å². The molecule has 27 heavy (non-hydrogen) atoms. The van der Waals surface area contributed by atoms with Crippen LogP contribution in [0.4, 0.5) is 10.1 Å². The molecule has 2 aromatic carbocycles. The zero-order chi connectivity index (χ0) is 19.2. The molecule has 0 radical (unpaired) electrons. The van der Waals surface area contributed by atoms with Gasteiger partial charge in [0.25, 0.3) is 5.91 Å². The lowest BCUT2D eigenvalue weighted by Crippen LogP contribution is -2.52. The first-order valence-electron chi connectivity index (χ1n) is 9.22. The van der Waals surface area contributed by atoms with Crippen molar-refractivity contribution in [1.29, 1.82) is 0 Å². The smallest absolute Gasteiger partial charge is 0.263 e. The molecule has 1 aliphatic heterocycles. The van der Waals surface area contributed by atoms with E-state index < -0.39 is 6.10 Å². The number of methoxy groups -OCH3 is 1. The number of anilines is 1. The molecule has 5 nitrogen and oxygen atoms in total. The van der Waals surface area contributed by atoms with Gasteiger partial charge in [0.05, 0.1) is 12.8 Å². The SMILES string of the molecule is CC[C@@H](Oc1ccccc1OC)C(=O)N1CCN(c2ccccc2F)CC1. The Morgan fingerprint density at radius 3 is 2.30 bits per heavy atom. The Morgan fingerprint density at radius 2 is 1.67 bits per heavy atom. The van der Waals surface area contributed by atoms with Crippen LogP contribution < -0.4 is 14.4 Å². The van der Waals surface area contributed by atoms with E-state index in [4.69, 9.17) is 9.47 Å².